The van der Waals surface area contributed by atoms with Crippen molar-refractivity contribution in [2.75, 3.05) is 0 Å². The molecule has 0 saturated heterocycles. The maximum Gasteiger partial charge on any atom is 0.416 e. The Morgan fingerprint density at radius 1 is 0.667 bits per heavy atom. The molecular formula is C25H18F6N2OS2. The fourth-order valence-electron chi connectivity index (χ4n) is 3.50. The van der Waals surface area contributed by atoms with Gasteiger partial charge in [-0.05, 0) is 24.3 Å². The largest absolute Gasteiger partial charge is 0.416 e. The van der Waals surface area contributed by atoms with Crippen molar-refractivity contribution in [3.8, 4) is 21.1 Å². The number of nitrogens with zero attached hydrogens (tertiary/aromatic N) is 2. The van der Waals surface area contributed by atoms with Gasteiger partial charge in [-0.3, -0.25) is 4.79 Å². The van der Waals surface area contributed by atoms with Gasteiger partial charge in [0.25, 0.3) is 0 Å². The minimum absolute atomic E-state index is 0.0970. The second-order valence-electron chi connectivity index (χ2n) is 8.13. The number of benzene rings is 2. The van der Waals surface area contributed by atoms with Crippen LogP contribution in [0.3, 0.4) is 0 Å². The van der Waals surface area contributed by atoms with Crippen LogP contribution in [-0.4, -0.2) is 15.8 Å². The van der Waals surface area contributed by atoms with E-state index in [-0.39, 0.29) is 5.78 Å². The van der Waals surface area contributed by atoms with Gasteiger partial charge in [-0.1, -0.05) is 38.1 Å². The standard InChI is InChI=1S/C25H18F6N2OS2/c1-13(19-11-32-22(35-19)15-3-7-17(8-4-15)24(26,27)28)21(34)14(2)20-12-33-23(36-20)16-5-9-18(10-6-16)25(29,30)31/h3-14H,1-2H3. The van der Waals surface area contributed by atoms with Crippen molar-refractivity contribution >= 4 is 28.5 Å². The third-order valence-electron chi connectivity index (χ3n) is 5.67. The van der Waals surface area contributed by atoms with Gasteiger partial charge in [0.2, 0.25) is 0 Å². The smallest absolute Gasteiger partial charge is 0.298 e. The van der Waals surface area contributed by atoms with Crippen molar-refractivity contribution in [3.63, 3.8) is 0 Å². The van der Waals surface area contributed by atoms with Crippen LogP contribution in [0.5, 0.6) is 0 Å². The molecule has 4 rings (SSSR count). The van der Waals surface area contributed by atoms with Gasteiger partial charge in [0.1, 0.15) is 15.8 Å². The number of rotatable bonds is 6. The van der Waals surface area contributed by atoms with Crippen LogP contribution in [0.4, 0.5) is 26.3 Å². The van der Waals surface area contributed by atoms with Crippen molar-refractivity contribution < 1.29 is 31.1 Å². The molecule has 4 aromatic rings. The molecule has 3 nitrogen and oxygen atoms in total. The van der Waals surface area contributed by atoms with E-state index in [1.165, 1.54) is 46.9 Å². The third-order valence-corrected chi connectivity index (χ3v) is 8.13. The summed E-state index contributed by atoms with van der Waals surface area (Å²) >= 11 is 2.47. The van der Waals surface area contributed by atoms with Crippen LogP contribution in [0.15, 0.2) is 60.9 Å². The number of hydrogen-bond donors (Lipinski definition) is 0. The molecule has 188 valence electrons. The lowest BCUT2D eigenvalue weighted by Crippen LogP contribution is -2.14. The van der Waals surface area contributed by atoms with Crippen molar-refractivity contribution in [2.24, 2.45) is 0 Å². The molecule has 2 atom stereocenters. The lowest BCUT2D eigenvalue weighted by molar-refractivity contribution is -0.138. The monoisotopic (exact) mass is 540 g/mol. The topological polar surface area (TPSA) is 42.9 Å². The number of alkyl halides is 6. The van der Waals surface area contributed by atoms with E-state index in [1.54, 1.807) is 26.2 Å². The second kappa shape index (κ2) is 9.78. The molecule has 0 bridgehead atoms. The Morgan fingerprint density at radius 2 is 1.00 bits per heavy atom. The first-order valence-electron chi connectivity index (χ1n) is 10.6. The van der Waals surface area contributed by atoms with E-state index in [1.807, 2.05) is 0 Å². The van der Waals surface area contributed by atoms with Gasteiger partial charge >= 0.3 is 12.4 Å². The van der Waals surface area contributed by atoms with Gasteiger partial charge in [-0.2, -0.15) is 26.3 Å². The van der Waals surface area contributed by atoms with Crippen molar-refractivity contribution in [1.29, 1.82) is 0 Å². The lowest BCUT2D eigenvalue weighted by atomic mass is 9.94. The van der Waals surface area contributed by atoms with Crippen LogP contribution < -0.4 is 0 Å². The highest BCUT2D eigenvalue weighted by molar-refractivity contribution is 7.15. The fourth-order valence-corrected chi connectivity index (χ4v) is 5.46. The van der Waals surface area contributed by atoms with Gasteiger partial charge in [0.15, 0.2) is 0 Å². The Hall–Kier alpha value is -3.05. The normalized spacial score (nSPS) is 14.0. The number of hydrogen-bond acceptors (Lipinski definition) is 5. The molecule has 0 aliphatic rings. The molecule has 0 spiro atoms. The highest BCUT2D eigenvalue weighted by atomic mass is 32.1. The number of carbonyl (C=O) groups is 1. The molecular weight excluding hydrogens is 522 g/mol. The summed E-state index contributed by atoms with van der Waals surface area (Å²) in [6, 6.07) is 9.36. The van der Waals surface area contributed by atoms with Crippen molar-refractivity contribution in [3.05, 3.63) is 81.8 Å². The number of halogens is 6. The summed E-state index contributed by atoms with van der Waals surface area (Å²) < 4.78 is 76.8. The summed E-state index contributed by atoms with van der Waals surface area (Å²) in [6.07, 6.45) is -5.75. The van der Waals surface area contributed by atoms with Crippen LogP contribution in [-0.2, 0) is 17.1 Å². The average molecular weight is 541 g/mol. The maximum atomic E-state index is 13.2. The summed E-state index contributed by atoms with van der Waals surface area (Å²) in [6.45, 7) is 3.47. The van der Waals surface area contributed by atoms with Crippen LogP contribution >= 0.6 is 22.7 Å². The zero-order valence-corrected chi connectivity index (χ0v) is 20.4. The van der Waals surface area contributed by atoms with E-state index in [0.29, 0.717) is 30.9 Å². The van der Waals surface area contributed by atoms with Crippen LogP contribution in [0.1, 0.15) is 46.6 Å². The Bertz CT molecular complexity index is 1250. The van der Waals surface area contributed by atoms with E-state index in [9.17, 15) is 31.1 Å². The van der Waals surface area contributed by atoms with Crippen LogP contribution in [0.2, 0.25) is 0 Å². The quantitative estimate of drug-likeness (QED) is 0.231. The lowest BCUT2D eigenvalue weighted by Gasteiger charge is -2.13. The van der Waals surface area contributed by atoms with Crippen molar-refractivity contribution in [2.45, 2.75) is 38.0 Å². The number of aromatic nitrogens is 2. The second-order valence-corrected chi connectivity index (χ2v) is 10.3. The first-order chi connectivity index (χ1) is 16.8. The minimum atomic E-state index is -4.42. The van der Waals surface area contributed by atoms with Gasteiger partial charge in [0.05, 0.1) is 23.0 Å². The van der Waals surface area contributed by atoms with Crippen LogP contribution in [0, 0.1) is 0 Å². The Kier molecular flexibility index (Phi) is 7.07. The minimum Gasteiger partial charge on any atom is -0.298 e. The summed E-state index contributed by atoms with van der Waals surface area (Å²) in [4.78, 5) is 23.1. The first kappa shape index (κ1) is 26.0. The number of ketones is 1. The number of carbonyl (C=O) groups excluding carboxylic acids is 1. The third kappa shape index (κ3) is 5.52. The first-order valence-corrected chi connectivity index (χ1v) is 12.3. The summed E-state index contributed by atoms with van der Waals surface area (Å²) in [7, 11) is 0. The molecule has 11 heteroatoms. The summed E-state index contributed by atoms with van der Waals surface area (Å²) in [5.74, 6) is -1.13. The Morgan fingerprint density at radius 3 is 1.31 bits per heavy atom. The van der Waals surface area contributed by atoms with Gasteiger partial charge in [-0.15, -0.1) is 22.7 Å². The molecule has 36 heavy (non-hydrogen) atoms. The van der Waals surface area contributed by atoms with Gasteiger partial charge in [-0.25, -0.2) is 9.97 Å². The molecule has 0 amide bonds. The molecule has 0 aliphatic heterocycles. The zero-order chi connectivity index (χ0) is 26.3. The summed E-state index contributed by atoms with van der Waals surface area (Å²) in [5.41, 5.74) is -0.451. The highest BCUT2D eigenvalue weighted by Gasteiger charge is 2.31. The predicted octanol–water partition coefficient (Wildman–Crippen LogP) is 8.45. The number of thiazole rings is 2. The molecule has 0 saturated carbocycles. The van der Waals surface area contributed by atoms with E-state index >= 15 is 0 Å². The van der Waals surface area contributed by atoms with Crippen molar-refractivity contribution in [1.82, 2.24) is 9.97 Å². The molecule has 0 aliphatic carbocycles. The van der Waals surface area contributed by atoms with Gasteiger partial charge < -0.3 is 0 Å². The number of Topliss-reactive ketones (excluding diaryl/α,β-unsaturated/α-hetero) is 1. The predicted molar refractivity (Wildman–Crippen MR) is 127 cm³/mol. The average Bonchev–Trinajstić information content (AvgIpc) is 3.52. The molecule has 2 aromatic carbocycles. The SMILES string of the molecule is CC(C(=O)C(C)c1cnc(-c2ccc(C(F)(F)F)cc2)s1)c1cnc(-c2ccc(C(F)(F)F)cc2)s1. The zero-order valence-electron chi connectivity index (χ0n) is 18.8. The Balaban J connectivity index is 1.47. The van der Waals surface area contributed by atoms with E-state index in [4.69, 9.17) is 0 Å². The molecule has 0 radical (unpaired) electrons. The molecule has 2 aromatic heterocycles. The van der Waals surface area contributed by atoms with E-state index < -0.39 is 35.3 Å². The molecule has 2 heterocycles. The van der Waals surface area contributed by atoms with E-state index in [2.05, 4.69) is 9.97 Å². The van der Waals surface area contributed by atoms with Crippen LogP contribution in [0.25, 0.3) is 21.1 Å². The Labute approximate surface area is 210 Å². The summed E-state index contributed by atoms with van der Waals surface area (Å²) in [5, 5.41) is 1.02. The van der Waals surface area contributed by atoms with E-state index in [0.717, 1.165) is 24.3 Å². The molecule has 2 unspecified atom stereocenters. The van der Waals surface area contributed by atoms with Gasteiger partial charge in [0, 0.05) is 33.3 Å². The maximum absolute atomic E-state index is 13.2. The fraction of sp³-hybridized carbons (Fsp3) is 0.240. The highest BCUT2D eigenvalue weighted by Crippen LogP contribution is 2.37. The molecule has 0 N–H and O–H groups in total. The molecule has 0 fully saturated rings.